The molecule has 0 radical (unpaired) electrons. The van der Waals surface area contributed by atoms with Crippen LogP contribution in [0, 0.1) is 11.6 Å². The third kappa shape index (κ3) is 7.92. The number of hydrogen-bond acceptors (Lipinski definition) is 8. The first kappa shape index (κ1) is 37.7. The van der Waals surface area contributed by atoms with Crippen LogP contribution in [0.4, 0.5) is 24.2 Å². The number of benzene rings is 3. The van der Waals surface area contributed by atoms with E-state index in [2.05, 4.69) is 37.7 Å². The summed E-state index contributed by atoms with van der Waals surface area (Å²) in [5.41, 5.74) is 5.20. The smallest absolute Gasteiger partial charge is 0.407 e. The van der Waals surface area contributed by atoms with Gasteiger partial charge in [-0.1, -0.05) is 30.3 Å². The number of amides is 4. The maximum Gasteiger partial charge on any atom is 0.407 e. The molecule has 6 aromatic rings. The van der Waals surface area contributed by atoms with Crippen LogP contribution in [0.3, 0.4) is 0 Å². The van der Waals surface area contributed by atoms with Gasteiger partial charge in [0, 0.05) is 73.0 Å². The van der Waals surface area contributed by atoms with E-state index >= 15 is 8.78 Å². The highest BCUT2D eigenvalue weighted by Gasteiger charge is 2.29. The van der Waals surface area contributed by atoms with Crippen molar-refractivity contribution in [3.8, 4) is 22.5 Å². The third-order valence-electron chi connectivity index (χ3n) is 10.5. The van der Waals surface area contributed by atoms with Gasteiger partial charge in [-0.05, 0) is 88.5 Å². The lowest BCUT2D eigenvalue weighted by atomic mass is 9.88. The summed E-state index contributed by atoms with van der Waals surface area (Å²) in [6, 6.07) is 19.2. The molecule has 4 amide bonds. The summed E-state index contributed by atoms with van der Waals surface area (Å²) in [7, 11) is 1.85. The van der Waals surface area contributed by atoms with E-state index in [9.17, 15) is 14.4 Å². The summed E-state index contributed by atoms with van der Waals surface area (Å²) in [5.74, 6) is -0.220. The van der Waals surface area contributed by atoms with Crippen molar-refractivity contribution in [3.63, 3.8) is 0 Å². The molecule has 3 aromatic carbocycles. The number of urea groups is 1. The van der Waals surface area contributed by atoms with Crippen LogP contribution in [0.1, 0.15) is 62.6 Å². The lowest BCUT2D eigenvalue weighted by molar-refractivity contribution is -0.120. The number of aryl methyl sites for hydroxylation is 1. The van der Waals surface area contributed by atoms with Gasteiger partial charge in [-0.3, -0.25) is 24.6 Å². The van der Waals surface area contributed by atoms with Crippen molar-refractivity contribution >= 4 is 40.4 Å². The fourth-order valence-electron chi connectivity index (χ4n) is 7.56. The third-order valence-corrected chi connectivity index (χ3v) is 10.5. The molecule has 0 spiro atoms. The Labute approximate surface area is 327 Å². The Kier molecular flexibility index (Phi) is 9.94. The van der Waals surface area contributed by atoms with Crippen molar-refractivity contribution in [1.82, 2.24) is 39.9 Å². The van der Waals surface area contributed by atoms with E-state index < -0.39 is 23.5 Å². The molecule has 2 fully saturated rings. The Morgan fingerprint density at radius 2 is 1.65 bits per heavy atom. The van der Waals surface area contributed by atoms with Crippen molar-refractivity contribution in [2.45, 2.75) is 64.6 Å². The zero-order valence-electron chi connectivity index (χ0n) is 32.2. The molecular formula is C42H43F2N9O4. The maximum atomic E-state index is 15.7. The summed E-state index contributed by atoms with van der Waals surface area (Å²) in [6.07, 6.45) is 3.06. The Hall–Kier alpha value is -6.22. The van der Waals surface area contributed by atoms with Crippen molar-refractivity contribution in [3.05, 3.63) is 101 Å². The highest BCUT2D eigenvalue weighted by Crippen LogP contribution is 2.34. The molecule has 2 aliphatic rings. The average molecular weight is 776 g/mol. The van der Waals surface area contributed by atoms with Gasteiger partial charge in [0.25, 0.3) is 0 Å². The number of rotatable bonds is 8. The van der Waals surface area contributed by atoms with Gasteiger partial charge >= 0.3 is 12.1 Å². The Balaban J connectivity index is 0.911. The number of anilines is 1. The van der Waals surface area contributed by atoms with E-state index in [1.807, 2.05) is 19.2 Å². The SMILES string of the molecule is Cn1nc(N2CCC(=O)NC2=O)c2ccc(C3CCN(Cc4ccc(-c5cc6nccc(-c7ccc(CNC(=O)OC(C)(C)C)c(F)c7)n6n5)cc4F)CC3)cc21. The molecular weight excluding hydrogens is 733 g/mol. The average Bonchev–Trinajstić information content (AvgIpc) is 3.76. The second-order valence-electron chi connectivity index (χ2n) is 15.6. The van der Waals surface area contributed by atoms with Crippen LogP contribution in [0.2, 0.25) is 0 Å². The largest absolute Gasteiger partial charge is 0.444 e. The van der Waals surface area contributed by atoms with Crippen LogP contribution in [0.5, 0.6) is 0 Å². The van der Waals surface area contributed by atoms with Crippen LogP contribution in [0.15, 0.2) is 72.9 Å². The quantitative estimate of drug-likeness (QED) is 0.167. The minimum Gasteiger partial charge on any atom is -0.444 e. The van der Waals surface area contributed by atoms with Gasteiger partial charge in [0.05, 0.1) is 16.9 Å². The first-order valence-corrected chi connectivity index (χ1v) is 19.0. The highest BCUT2D eigenvalue weighted by atomic mass is 19.1. The molecule has 0 bridgehead atoms. The van der Waals surface area contributed by atoms with Gasteiger partial charge < -0.3 is 10.1 Å². The topological polar surface area (TPSA) is 139 Å². The predicted molar refractivity (Wildman–Crippen MR) is 210 cm³/mol. The van der Waals surface area contributed by atoms with Gasteiger partial charge in [0.15, 0.2) is 11.5 Å². The summed E-state index contributed by atoms with van der Waals surface area (Å²) < 4.78 is 39.5. The molecule has 5 heterocycles. The predicted octanol–water partition coefficient (Wildman–Crippen LogP) is 7.08. The maximum absolute atomic E-state index is 15.7. The number of likely N-dealkylation sites (tertiary alicyclic amines) is 1. The second-order valence-corrected chi connectivity index (χ2v) is 15.6. The molecule has 2 N–H and O–H groups in total. The number of halogens is 2. The molecule has 2 aliphatic heterocycles. The molecule has 294 valence electrons. The van der Waals surface area contributed by atoms with E-state index in [4.69, 9.17) is 9.84 Å². The van der Waals surface area contributed by atoms with Crippen molar-refractivity contribution in [2.75, 3.05) is 24.5 Å². The van der Waals surface area contributed by atoms with Crippen LogP contribution in [-0.4, -0.2) is 72.5 Å². The standard InChI is InChI=1S/C42H43F2N9O4/c1-42(2,3)57-41(56)46-23-29-7-6-28(20-32(29)43)35-11-15-45-37-22-34(48-53(35)37)27-5-8-30(33(44)19-27)24-51-16-12-25(13-17-51)26-9-10-31-36(21-26)50(4)49-39(31)52-18-14-38(54)47-40(52)55/h5-11,15,19-22,25H,12-14,16-18,23-24H2,1-4H3,(H,46,56)(H,47,54,55). The Morgan fingerprint density at radius 1 is 0.912 bits per heavy atom. The summed E-state index contributed by atoms with van der Waals surface area (Å²) in [4.78, 5) is 44.4. The van der Waals surface area contributed by atoms with Crippen molar-refractivity contribution < 1.29 is 27.9 Å². The molecule has 57 heavy (non-hydrogen) atoms. The zero-order valence-corrected chi connectivity index (χ0v) is 32.2. The Morgan fingerprint density at radius 3 is 2.39 bits per heavy atom. The number of ether oxygens (including phenoxy) is 1. The lowest BCUT2D eigenvalue weighted by Crippen LogP contribution is -2.49. The molecule has 0 atom stereocenters. The second kappa shape index (κ2) is 15.0. The van der Waals surface area contributed by atoms with E-state index in [1.54, 1.807) is 66.5 Å². The van der Waals surface area contributed by atoms with Crippen molar-refractivity contribution in [2.24, 2.45) is 7.05 Å². The molecule has 15 heteroatoms. The lowest BCUT2D eigenvalue weighted by Gasteiger charge is -2.32. The van der Waals surface area contributed by atoms with E-state index in [0.29, 0.717) is 64.1 Å². The van der Waals surface area contributed by atoms with E-state index in [-0.39, 0.29) is 24.7 Å². The first-order valence-electron chi connectivity index (χ1n) is 19.0. The van der Waals surface area contributed by atoms with Crippen LogP contribution < -0.4 is 15.5 Å². The molecule has 0 unspecified atom stereocenters. The number of nitrogens with one attached hydrogen (secondary N) is 2. The van der Waals surface area contributed by atoms with Gasteiger partial charge in [-0.25, -0.2) is 27.9 Å². The number of piperidine rings is 1. The fraction of sp³-hybridized carbons (Fsp3) is 0.333. The number of fused-ring (bicyclic) bond motifs is 2. The zero-order chi connectivity index (χ0) is 40.0. The first-order chi connectivity index (χ1) is 27.3. The van der Waals surface area contributed by atoms with Gasteiger partial charge in [0.1, 0.15) is 17.2 Å². The fourth-order valence-corrected chi connectivity index (χ4v) is 7.56. The molecule has 8 rings (SSSR count). The van der Waals surface area contributed by atoms with Crippen LogP contribution in [0.25, 0.3) is 39.1 Å². The Bertz CT molecular complexity index is 2530. The van der Waals surface area contributed by atoms with Gasteiger partial charge in [0.2, 0.25) is 5.91 Å². The number of alkyl carbamates (subject to hydrolysis) is 1. The van der Waals surface area contributed by atoms with Crippen LogP contribution >= 0.6 is 0 Å². The summed E-state index contributed by atoms with van der Waals surface area (Å²) >= 11 is 0. The van der Waals surface area contributed by atoms with Crippen molar-refractivity contribution in [1.29, 1.82) is 0 Å². The van der Waals surface area contributed by atoms with Crippen LogP contribution in [-0.2, 0) is 29.7 Å². The normalized spacial score (nSPS) is 15.7. The minimum absolute atomic E-state index is 0.0294. The monoisotopic (exact) mass is 775 g/mol. The molecule has 2 saturated heterocycles. The summed E-state index contributed by atoms with van der Waals surface area (Å²) in [5, 5.41) is 15.1. The molecule has 3 aromatic heterocycles. The molecule has 0 saturated carbocycles. The molecule has 0 aliphatic carbocycles. The number of nitrogens with zero attached hydrogens (tertiary/aromatic N) is 7. The number of carbonyl (C=O) groups excluding carboxylic acids is 3. The summed E-state index contributed by atoms with van der Waals surface area (Å²) in [6.45, 7) is 7.63. The minimum atomic E-state index is -0.663. The van der Waals surface area contributed by atoms with E-state index in [1.165, 1.54) is 22.6 Å². The molecule has 13 nitrogen and oxygen atoms in total. The number of hydrogen-bond donors (Lipinski definition) is 2. The number of carbonyl (C=O) groups is 3. The number of imide groups is 1. The highest BCUT2D eigenvalue weighted by molar-refractivity contribution is 6.08. The number of aromatic nitrogens is 5. The van der Waals surface area contributed by atoms with Gasteiger partial charge in [-0.15, -0.1) is 0 Å². The van der Waals surface area contributed by atoms with Gasteiger partial charge in [-0.2, -0.15) is 10.2 Å². The van der Waals surface area contributed by atoms with E-state index in [0.717, 1.165) is 36.8 Å².